The third-order valence-electron chi connectivity index (χ3n) is 5.11. The predicted octanol–water partition coefficient (Wildman–Crippen LogP) is 4.14. The van der Waals surface area contributed by atoms with Crippen LogP contribution >= 0.6 is 0 Å². The summed E-state index contributed by atoms with van der Waals surface area (Å²) in [5.41, 5.74) is 10.6. The molecule has 2 aromatic carbocycles. The summed E-state index contributed by atoms with van der Waals surface area (Å²) >= 11 is 0. The molecular weight excluding hydrogens is 338 g/mol. The number of hydrogen-bond donors (Lipinski definition) is 2. The van der Waals surface area contributed by atoms with E-state index < -0.39 is 0 Å². The first-order valence-electron chi connectivity index (χ1n) is 9.57. The van der Waals surface area contributed by atoms with Gasteiger partial charge in [0.2, 0.25) is 0 Å². The number of amides is 1. The maximum atomic E-state index is 12.5. The van der Waals surface area contributed by atoms with Crippen LogP contribution in [-0.4, -0.2) is 25.6 Å². The first-order chi connectivity index (χ1) is 12.9. The summed E-state index contributed by atoms with van der Waals surface area (Å²) in [6, 6.07) is 11.6. The Morgan fingerprint density at radius 1 is 1.19 bits per heavy atom. The Morgan fingerprint density at radius 2 is 1.93 bits per heavy atom. The van der Waals surface area contributed by atoms with Gasteiger partial charge in [0.1, 0.15) is 5.75 Å². The number of carbonyl (C=O) groups is 1. The molecule has 0 unspecified atom stereocenters. The van der Waals surface area contributed by atoms with Gasteiger partial charge in [-0.25, -0.2) is 0 Å². The second kappa shape index (κ2) is 8.33. The van der Waals surface area contributed by atoms with Gasteiger partial charge < -0.3 is 20.7 Å². The first-order valence-corrected chi connectivity index (χ1v) is 9.57. The van der Waals surface area contributed by atoms with Crippen molar-refractivity contribution in [2.24, 2.45) is 5.92 Å². The van der Waals surface area contributed by atoms with E-state index in [4.69, 9.17) is 10.5 Å². The van der Waals surface area contributed by atoms with E-state index in [-0.39, 0.29) is 12.5 Å². The molecule has 1 amide bonds. The highest BCUT2D eigenvalue weighted by Gasteiger charge is 2.19. The molecule has 0 aromatic heterocycles. The zero-order chi connectivity index (χ0) is 19.4. The molecular formula is C22H29N3O2. The third kappa shape index (κ3) is 4.94. The molecule has 1 heterocycles. The standard InChI is InChI=1S/C22H29N3O2/c1-15-8-10-25(11-9-15)20-6-5-18(23)13-19(20)24-22(26)14-27-21-7-4-16(2)12-17(21)3/h4-7,12-13,15H,8-11,14,23H2,1-3H3,(H,24,26). The van der Waals surface area contributed by atoms with Crippen LogP contribution in [0.1, 0.15) is 30.9 Å². The first kappa shape index (κ1) is 19.1. The van der Waals surface area contributed by atoms with Crippen LogP contribution in [0.15, 0.2) is 36.4 Å². The molecule has 0 aliphatic carbocycles. The number of piperidine rings is 1. The fourth-order valence-electron chi connectivity index (χ4n) is 3.47. The van der Waals surface area contributed by atoms with Crippen molar-refractivity contribution >= 4 is 23.0 Å². The summed E-state index contributed by atoms with van der Waals surface area (Å²) < 4.78 is 5.70. The third-order valence-corrected chi connectivity index (χ3v) is 5.11. The van der Waals surface area contributed by atoms with E-state index in [1.807, 2.05) is 50.2 Å². The van der Waals surface area contributed by atoms with Crippen LogP contribution in [0.4, 0.5) is 17.1 Å². The number of hydrogen-bond acceptors (Lipinski definition) is 4. The Hall–Kier alpha value is -2.69. The Labute approximate surface area is 161 Å². The zero-order valence-corrected chi connectivity index (χ0v) is 16.4. The molecule has 144 valence electrons. The summed E-state index contributed by atoms with van der Waals surface area (Å²) in [5, 5.41) is 2.98. The van der Waals surface area contributed by atoms with E-state index in [0.717, 1.165) is 54.5 Å². The molecule has 1 fully saturated rings. The van der Waals surface area contributed by atoms with E-state index in [2.05, 4.69) is 17.1 Å². The molecule has 1 aliphatic heterocycles. The molecule has 0 atom stereocenters. The van der Waals surface area contributed by atoms with Gasteiger partial charge in [-0.3, -0.25) is 4.79 Å². The largest absolute Gasteiger partial charge is 0.483 e. The Balaban J connectivity index is 1.67. The average Bonchev–Trinajstić information content (AvgIpc) is 2.62. The van der Waals surface area contributed by atoms with Gasteiger partial charge in [-0.05, 0) is 62.4 Å². The van der Waals surface area contributed by atoms with E-state index in [1.54, 1.807) is 0 Å². The van der Waals surface area contributed by atoms with Crippen LogP contribution in [0.25, 0.3) is 0 Å². The van der Waals surface area contributed by atoms with Crippen molar-refractivity contribution in [2.75, 3.05) is 35.6 Å². The van der Waals surface area contributed by atoms with Gasteiger partial charge >= 0.3 is 0 Å². The van der Waals surface area contributed by atoms with Gasteiger partial charge in [0.05, 0.1) is 11.4 Å². The lowest BCUT2D eigenvalue weighted by Gasteiger charge is -2.33. The number of rotatable bonds is 5. The Morgan fingerprint density at radius 3 is 2.63 bits per heavy atom. The van der Waals surface area contributed by atoms with Crippen LogP contribution < -0.4 is 20.7 Å². The summed E-state index contributed by atoms with van der Waals surface area (Å²) in [4.78, 5) is 14.8. The Bertz CT molecular complexity index is 811. The molecule has 0 radical (unpaired) electrons. The van der Waals surface area contributed by atoms with Gasteiger partial charge in [0.15, 0.2) is 6.61 Å². The molecule has 0 saturated carbocycles. The fourth-order valence-corrected chi connectivity index (χ4v) is 3.47. The van der Waals surface area contributed by atoms with Crippen LogP contribution in [0, 0.1) is 19.8 Å². The highest BCUT2D eigenvalue weighted by molar-refractivity contribution is 5.96. The number of nitrogen functional groups attached to an aromatic ring is 1. The Kier molecular flexibility index (Phi) is 5.89. The van der Waals surface area contributed by atoms with Crippen molar-refractivity contribution < 1.29 is 9.53 Å². The van der Waals surface area contributed by atoms with Crippen molar-refractivity contribution in [3.8, 4) is 5.75 Å². The summed E-state index contributed by atoms with van der Waals surface area (Å²) in [5.74, 6) is 1.29. The summed E-state index contributed by atoms with van der Waals surface area (Å²) in [6.07, 6.45) is 2.32. The quantitative estimate of drug-likeness (QED) is 0.780. The highest BCUT2D eigenvalue weighted by atomic mass is 16.5. The average molecular weight is 367 g/mol. The molecule has 1 saturated heterocycles. The van der Waals surface area contributed by atoms with Crippen molar-refractivity contribution in [2.45, 2.75) is 33.6 Å². The second-order valence-electron chi connectivity index (χ2n) is 7.55. The molecule has 3 N–H and O–H groups in total. The normalized spacial score (nSPS) is 14.9. The maximum Gasteiger partial charge on any atom is 0.262 e. The van der Waals surface area contributed by atoms with E-state index in [9.17, 15) is 4.79 Å². The SMILES string of the molecule is Cc1ccc(OCC(=O)Nc2cc(N)ccc2N2CCC(C)CC2)c(C)c1. The predicted molar refractivity (Wildman–Crippen MR) is 112 cm³/mol. The monoisotopic (exact) mass is 367 g/mol. The van der Waals surface area contributed by atoms with Crippen LogP contribution in [0.2, 0.25) is 0 Å². The van der Waals surface area contributed by atoms with Crippen molar-refractivity contribution in [3.63, 3.8) is 0 Å². The van der Waals surface area contributed by atoms with E-state index in [0.29, 0.717) is 5.69 Å². The lowest BCUT2D eigenvalue weighted by Crippen LogP contribution is -2.33. The topological polar surface area (TPSA) is 67.6 Å². The molecule has 1 aliphatic rings. The minimum absolute atomic E-state index is 0.0326. The smallest absolute Gasteiger partial charge is 0.262 e. The lowest BCUT2D eigenvalue weighted by atomic mass is 9.98. The van der Waals surface area contributed by atoms with E-state index >= 15 is 0 Å². The molecule has 3 rings (SSSR count). The van der Waals surface area contributed by atoms with Gasteiger partial charge in [-0.15, -0.1) is 0 Å². The highest BCUT2D eigenvalue weighted by Crippen LogP contribution is 2.31. The van der Waals surface area contributed by atoms with Crippen LogP contribution in [0.3, 0.4) is 0 Å². The van der Waals surface area contributed by atoms with Crippen LogP contribution in [0.5, 0.6) is 5.75 Å². The van der Waals surface area contributed by atoms with Gasteiger partial charge in [0, 0.05) is 18.8 Å². The molecule has 0 spiro atoms. The second-order valence-corrected chi connectivity index (χ2v) is 7.55. The molecule has 27 heavy (non-hydrogen) atoms. The van der Waals surface area contributed by atoms with Gasteiger partial charge in [-0.2, -0.15) is 0 Å². The van der Waals surface area contributed by atoms with Crippen molar-refractivity contribution in [1.29, 1.82) is 0 Å². The molecule has 5 nitrogen and oxygen atoms in total. The number of nitrogens with zero attached hydrogens (tertiary/aromatic N) is 1. The number of nitrogens with two attached hydrogens (primary N) is 1. The minimum Gasteiger partial charge on any atom is -0.483 e. The number of nitrogens with one attached hydrogen (secondary N) is 1. The number of carbonyl (C=O) groups excluding carboxylic acids is 1. The zero-order valence-electron chi connectivity index (χ0n) is 16.4. The number of ether oxygens (including phenoxy) is 1. The fraction of sp³-hybridized carbons (Fsp3) is 0.409. The van der Waals surface area contributed by atoms with Gasteiger partial charge in [0.25, 0.3) is 5.91 Å². The van der Waals surface area contributed by atoms with Crippen molar-refractivity contribution in [3.05, 3.63) is 47.5 Å². The summed E-state index contributed by atoms with van der Waals surface area (Å²) in [7, 11) is 0. The number of benzene rings is 2. The molecule has 2 aromatic rings. The summed E-state index contributed by atoms with van der Waals surface area (Å²) in [6.45, 7) is 8.25. The van der Waals surface area contributed by atoms with E-state index in [1.165, 1.54) is 5.56 Å². The molecule has 0 bridgehead atoms. The number of aryl methyl sites for hydroxylation is 2. The van der Waals surface area contributed by atoms with Crippen LogP contribution in [-0.2, 0) is 4.79 Å². The lowest BCUT2D eigenvalue weighted by molar-refractivity contribution is -0.118. The minimum atomic E-state index is -0.188. The molecule has 5 heteroatoms. The number of anilines is 3. The van der Waals surface area contributed by atoms with Crippen molar-refractivity contribution in [1.82, 2.24) is 0 Å². The maximum absolute atomic E-state index is 12.5. The van der Waals surface area contributed by atoms with Gasteiger partial charge in [-0.1, -0.05) is 24.6 Å².